The summed E-state index contributed by atoms with van der Waals surface area (Å²) in [6.45, 7) is 5.88. The summed E-state index contributed by atoms with van der Waals surface area (Å²) in [6, 6.07) is -0.567. The molecule has 7 heteroatoms. The van der Waals surface area contributed by atoms with Gasteiger partial charge in [-0.1, -0.05) is 38.7 Å². The number of aliphatic hydroxyl groups excluding tert-OH is 4. The topological polar surface area (TPSA) is 111 Å². The zero-order valence-corrected chi connectivity index (χ0v) is 16.9. The van der Waals surface area contributed by atoms with E-state index < -0.39 is 31.3 Å². The minimum Gasteiger partial charge on any atom is -0.394 e. The number of rotatable bonds is 20. The molecular formula is C20H41NO6. The van der Waals surface area contributed by atoms with Crippen molar-refractivity contribution in [2.24, 2.45) is 0 Å². The normalized spacial score (nSPS) is 16.0. The second kappa shape index (κ2) is 18.8. The molecule has 0 spiro atoms. The van der Waals surface area contributed by atoms with Crippen molar-refractivity contribution in [1.82, 2.24) is 5.32 Å². The minimum atomic E-state index is -1.02. The molecule has 0 amide bonds. The highest BCUT2D eigenvalue weighted by Crippen LogP contribution is 2.09. The van der Waals surface area contributed by atoms with E-state index in [0.717, 1.165) is 32.1 Å². The maximum Gasteiger partial charge on any atom is 0.154 e. The van der Waals surface area contributed by atoms with Gasteiger partial charge in [-0.3, -0.25) is 5.32 Å². The molecule has 27 heavy (non-hydrogen) atoms. The van der Waals surface area contributed by atoms with E-state index in [0.29, 0.717) is 12.8 Å². The zero-order valence-electron chi connectivity index (χ0n) is 16.9. The van der Waals surface area contributed by atoms with Gasteiger partial charge < -0.3 is 29.9 Å². The van der Waals surface area contributed by atoms with Crippen LogP contribution < -0.4 is 5.32 Å². The molecule has 0 aromatic carbocycles. The summed E-state index contributed by atoms with van der Waals surface area (Å²) in [5.74, 6) is 0. The molecule has 0 aliphatic heterocycles. The molecule has 0 radical (unpaired) electrons. The Balaban J connectivity index is 3.73. The molecular weight excluding hydrogens is 350 g/mol. The average molecular weight is 392 g/mol. The third kappa shape index (κ3) is 16.1. The number of aliphatic hydroxyl groups is 4. The number of hydrogen-bond donors (Lipinski definition) is 5. The second-order valence-electron chi connectivity index (χ2n) is 6.86. The van der Waals surface area contributed by atoms with Crippen LogP contribution in [0.25, 0.3) is 0 Å². The minimum absolute atomic E-state index is 0.132. The summed E-state index contributed by atoms with van der Waals surface area (Å²) in [5.41, 5.74) is 0. The lowest BCUT2D eigenvalue weighted by Crippen LogP contribution is -2.49. The molecule has 0 aliphatic rings. The van der Waals surface area contributed by atoms with Crippen LogP contribution in [0.2, 0.25) is 0 Å². The Morgan fingerprint density at radius 3 is 2.37 bits per heavy atom. The van der Waals surface area contributed by atoms with E-state index in [1.165, 1.54) is 12.8 Å². The van der Waals surface area contributed by atoms with Gasteiger partial charge in [0, 0.05) is 0 Å². The van der Waals surface area contributed by atoms with Crippen LogP contribution in [0.4, 0.5) is 0 Å². The first-order chi connectivity index (χ1) is 13.0. The summed E-state index contributed by atoms with van der Waals surface area (Å²) < 4.78 is 10.8. The van der Waals surface area contributed by atoms with Crippen molar-refractivity contribution in [3.63, 3.8) is 0 Å². The van der Waals surface area contributed by atoms with E-state index in [1.807, 2.05) is 13.0 Å². The molecule has 0 heterocycles. The first-order valence-electron chi connectivity index (χ1n) is 10.3. The predicted molar refractivity (Wildman–Crippen MR) is 106 cm³/mol. The number of ether oxygens (including phenoxy) is 2. The first kappa shape index (κ1) is 26.5. The van der Waals surface area contributed by atoms with Crippen molar-refractivity contribution in [1.29, 1.82) is 0 Å². The lowest BCUT2D eigenvalue weighted by molar-refractivity contribution is -0.119. The van der Waals surface area contributed by atoms with Gasteiger partial charge >= 0.3 is 0 Å². The maximum atomic E-state index is 9.79. The number of nitrogens with one attached hydrogen (secondary N) is 1. The second-order valence-corrected chi connectivity index (χ2v) is 6.86. The van der Waals surface area contributed by atoms with Crippen molar-refractivity contribution in [3.8, 4) is 0 Å². The quantitative estimate of drug-likeness (QED) is 0.122. The average Bonchev–Trinajstić information content (AvgIpc) is 2.65. The van der Waals surface area contributed by atoms with E-state index in [-0.39, 0.29) is 19.8 Å². The van der Waals surface area contributed by atoms with E-state index in [1.54, 1.807) is 0 Å². The summed E-state index contributed by atoms with van der Waals surface area (Å²) >= 11 is 0. The Hall–Kier alpha value is -0.540. The first-order valence-corrected chi connectivity index (χ1v) is 10.3. The smallest absolute Gasteiger partial charge is 0.154 e. The van der Waals surface area contributed by atoms with Crippen LogP contribution in [0.3, 0.4) is 0 Å². The number of allylic oxidation sites excluding steroid dienone is 1. The highest BCUT2D eigenvalue weighted by atomic mass is 16.6. The maximum absolute atomic E-state index is 9.79. The number of hydrogen-bond acceptors (Lipinski definition) is 7. The van der Waals surface area contributed by atoms with Crippen molar-refractivity contribution < 1.29 is 29.9 Å². The van der Waals surface area contributed by atoms with Crippen LogP contribution in [-0.4, -0.2) is 71.5 Å². The van der Waals surface area contributed by atoms with Gasteiger partial charge in [0.05, 0.1) is 38.6 Å². The van der Waals surface area contributed by atoms with Crippen molar-refractivity contribution in [2.45, 2.75) is 89.4 Å². The van der Waals surface area contributed by atoms with Crippen LogP contribution in [0, 0.1) is 0 Å². The highest BCUT2D eigenvalue weighted by Gasteiger charge is 2.21. The summed E-state index contributed by atoms with van der Waals surface area (Å²) in [5, 5.41) is 41.3. The van der Waals surface area contributed by atoms with Gasteiger partial charge in [-0.15, -0.1) is 6.58 Å². The Labute approximate surface area is 164 Å². The Kier molecular flexibility index (Phi) is 18.4. The molecule has 0 saturated heterocycles. The van der Waals surface area contributed by atoms with E-state index in [4.69, 9.17) is 14.6 Å². The van der Waals surface area contributed by atoms with Crippen molar-refractivity contribution >= 4 is 0 Å². The fourth-order valence-corrected chi connectivity index (χ4v) is 2.68. The van der Waals surface area contributed by atoms with Gasteiger partial charge in [-0.05, 0) is 32.1 Å². The lowest BCUT2D eigenvalue weighted by atomic mass is 10.1. The third-order valence-corrected chi connectivity index (χ3v) is 4.31. The highest BCUT2D eigenvalue weighted by molar-refractivity contribution is 4.76. The molecule has 0 aromatic heterocycles. The van der Waals surface area contributed by atoms with Crippen LogP contribution in [0.1, 0.15) is 64.7 Å². The van der Waals surface area contributed by atoms with Crippen LogP contribution in [0.5, 0.6) is 0 Å². The summed E-state index contributed by atoms with van der Waals surface area (Å²) in [7, 11) is 0. The van der Waals surface area contributed by atoms with Gasteiger partial charge in [-0.25, -0.2) is 0 Å². The molecule has 7 nitrogen and oxygen atoms in total. The summed E-state index contributed by atoms with van der Waals surface area (Å²) in [4.78, 5) is 0. The van der Waals surface area contributed by atoms with Gasteiger partial charge in [0.1, 0.15) is 6.23 Å². The molecule has 5 N–H and O–H groups in total. The van der Waals surface area contributed by atoms with E-state index in [2.05, 4.69) is 11.9 Å². The van der Waals surface area contributed by atoms with Gasteiger partial charge in [0.15, 0.2) is 6.29 Å². The fourth-order valence-electron chi connectivity index (χ4n) is 2.68. The van der Waals surface area contributed by atoms with Crippen molar-refractivity contribution in [3.05, 3.63) is 12.7 Å². The van der Waals surface area contributed by atoms with E-state index >= 15 is 0 Å². The molecule has 0 aromatic rings. The Morgan fingerprint density at radius 2 is 1.70 bits per heavy atom. The molecule has 0 bridgehead atoms. The molecule has 162 valence electrons. The molecule has 0 fully saturated rings. The third-order valence-electron chi connectivity index (χ3n) is 4.31. The fraction of sp³-hybridized carbons (Fsp3) is 0.900. The monoisotopic (exact) mass is 391 g/mol. The van der Waals surface area contributed by atoms with Crippen LogP contribution >= 0.6 is 0 Å². The largest absolute Gasteiger partial charge is 0.394 e. The Bertz CT molecular complexity index is 332. The zero-order chi connectivity index (χ0) is 20.3. The SMILES string of the molecule is C=CCCCCCCCC(O)OCCOC[C@H](NC(O)CCC)[C@@H](O)CO. The standard InChI is InChI=1S/C20H41NO6/c1-3-5-6-7-8-9-10-12-20(25)27-14-13-26-16-17(18(23)15-22)21-19(24)11-4-2/h3,17-25H,1,4-16H2,2H3/t17-,18-,19?,20?/m0/s1. The van der Waals surface area contributed by atoms with Gasteiger partial charge in [0.25, 0.3) is 0 Å². The lowest BCUT2D eigenvalue weighted by Gasteiger charge is -2.25. The van der Waals surface area contributed by atoms with Gasteiger partial charge in [0.2, 0.25) is 0 Å². The molecule has 0 saturated carbocycles. The molecule has 2 unspecified atom stereocenters. The predicted octanol–water partition coefficient (Wildman–Crippen LogP) is 1.68. The molecule has 4 atom stereocenters. The van der Waals surface area contributed by atoms with Crippen molar-refractivity contribution in [2.75, 3.05) is 26.4 Å². The number of unbranched alkanes of at least 4 members (excludes halogenated alkanes) is 5. The molecule has 0 rings (SSSR count). The van der Waals surface area contributed by atoms with E-state index in [9.17, 15) is 15.3 Å². The Morgan fingerprint density at radius 1 is 1.00 bits per heavy atom. The van der Waals surface area contributed by atoms with Gasteiger partial charge in [-0.2, -0.15) is 0 Å². The van der Waals surface area contributed by atoms with Crippen LogP contribution in [0.15, 0.2) is 12.7 Å². The van der Waals surface area contributed by atoms with Crippen LogP contribution in [-0.2, 0) is 9.47 Å². The summed E-state index contributed by atoms with van der Waals surface area (Å²) in [6.07, 6.45) is 7.96. The molecule has 0 aliphatic carbocycles.